The molecule has 1 atom stereocenters. The summed E-state index contributed by atoms with van der Waals surface area (Å²) in [4.78, 5) is 0. The molecule has 0 aliphatic heterocycles. The third kappa shape index (κ3) is 3.73. The number of benzene rings is 1. The Hall–Kier alpha value is -0.0700. The SMILES string of the molecule is COc1ccc(Cl)cc1CC(N)c1cc(Br)sc1Br. The fourth-order valence-corrected chi connectivity index (χ4v) is 5.05. The van der Waals surface area contributed by atoms with Crippen molar-refractivity contribution in [3.05, 3.63) is 48.0 Å². The zero-order valence-electron chi connectivity index (χ0n) is 10.1. The molecule has 2 rings (SSSR count). The molecule has 0 saturated carbocycles. The van der Waals surface area contributed by atoms with Gasteiger partial charge in [-0.15, -0.1) is 11.3 Å². The monoisotopic (exact) mass is 423 g/mol. The van der Waals surface area contributed by atoms with Crippen LogP contribution in [0.5, 0.6) is 5.75 Å². The fraction of sp³-hybridized carbons (Fsp3) is 0.231. The number of hydrogen-bond acceptors (Lipinski definition) is 3. The van der Waals surface area contributed by atoms with Crippen LogP contribution in [0.4, 0.5) is 0 Å². The zero-order chi connectivity index (χ0) is 14.0. The van der Waals surface area contributed by atoms with Gasteiger partial charge < -0.3 is 10.5 Å². The second kappa shape index (κ2) is 6.59. The number of ether oxygens (including phenoxy) is 1. The quantitative estimate of drug-likeness (QED) is 0.733. The van der Waals surface area contributed by atoms with Crippen molar-refractivity contribution in [2.24, 2.45) is 5.73 Å². The lowest BCUT2D eigenvalue weighted by Crippen LogP contribution is -2.13. The minimum Gasteiger partial charge on any atom is -0.496 e. The molecule has 2 aromatic rings. The molecule has 0 aliphatic carbocycles. The fourth-order valence-electron chi connectivity index (χ4n) is 1.86. The van der Waals surface area contributed by atoms with Gasteiger partial charge in [-0.1, -0.05) is 11.6 Å². The lowest BCUT2D eigenvalue weighted by atomic mass is 10.0. The van der Waals surface area contributed by atoms with Gasteiger partial charge in [0, 0.05) is 11.1 Å². The van der Waals surface area contributed by atoms with Gasteiger partial charge in [0.2, 0.25) is 0 Å². The summed E-state index contributed by atoms with van der Waals surface area (Å²) >= 11 is 14.6. The Morgan fingerprint density at radius 3 is 2.68 bits per heavy atom. The smallest absolute Gasteiger partial charge is 0.122 e. The van der Waals surface area contributed by atoms with E-state index in [1.165, 1.54) is 0 Å². The van der Waals surface area contributed by atoms with Crippen molar-refractivity contribution in [2.45, 2.75) is 12.5 Å². The van der Waals surface area contributed by atoms with Gasteiger partial charge in [0.15, 0.2) is 0 Å². The average Bonchev–Trinajstić information content (AvgIpc) is 2.69. The molecule has 0 amide bonds. The summed E-state index contributed by atoms with van der Waals surface area (Å²) in [6.07, 6.45) is 0.672. The van der Waals surface area contributed by atoms with Crippen LogP contribution in [0.2, 0.25) is 5.02 Å². The van der Waals surface area contributed by atoms with E-state index in [-0.39, 0.29) is 6.04 Å². The van der Waals surface area contributed by atoms with Gasteiger partial charge in [0.1, 0.15) is 5.75 Å². The molecule has 6 heteroatoms. The number of rotatable bonds is 4. The first-order chi connectivity index (χ1) is 9.01. The van der Waals surface area contributed by atoms with E-state index < -0.39 is 0 Å². The molecule has 0 saturated heterocycles. The van der Waals surface area contributed by atoms with Gasteiger partial charge in [0.25, 0.3) is 0 Å². The first kappa shape index (κ1) is 15.3. The molecule has 0 aliphatic rings. The summed E-state index contributed by atoms with van der Waals surface area (Å²) in [5.74, 6) is 0.810. The Bertz CT molecular complexity index is 588. The van der Waals surface area contributed by atoms with E-state index in [9.17, 15) is 0 Å². The Labute approximate surface area is 138 Å². The van der Waals surface area contributed by atoms with Crippen molar-refractivity contribution < 1.29 is 4.74 Å². The molecule has 102 valence electrons. The predicted octanol–water partition coefficient (Wildman–Crippen LogP) is 5.18. The number of nitrogens with two attached hydrogens (primary N) is 1. The van der Waals surface area contributed by atoms with E-state index >= 15 is 0 Å². The minimum absolute atomic E-state index is 0.107. The predicted molar refractivity (Wildman–Crippen MR) is 88.4 cm³/mol. The van der Waals surface area contributed by atoms with Crippen molar-refractivity contribution >= 4 is 54.8 Å². The zero-order valence-corrected chi connectivity index (χ0v) is 14.9. The van der Waals surface area contributed by atoms with Gasteiger partial charge >= 0.3 is 0 Å². The van der Waals surface area contributed by atoms with Gasteiger partial charge in [-0.2, -0.15) is 0 Å². The van der Waals surface area contributed by atoms with Crippen LogP contribution in [0.3, 0.4) is 0 Å². The average molecular weight is 426 g/mol. The van der Waals surface area contributed by atoms with Gasteiger partial charge in [-0.25, -0.2) is 0 Å². The van der Waals surface area contributed by atoms with Crippen LogP contribution < -0.4 is 10.5 Å². The van der Waals surface area contributed by atoms with Crippen molar-refractivity contribution in [3.63, 3.8) is 0 Å². The number of methoxy groups -OCH3 is 1. The van der Waals surface area contributed by atoms with E-state index in [1.807, 2.05) is 24.3 Å². The molecular formula is C13H12Br2ClNOS. The maximum Gasteiger partial charge on any atom is 0.122 e. The lowest BCUT2D eigenvalue weighted by molar-refractivity contribution is 0.408. The summed E-state index contributed by atoms with van der Waals surface area (Å²) in [6.45, 7) is 0. The Kier molecular flexibility index (Phi) is 5.31. The normalized spacial score (nSPS) is 12.5. The first-order valence-electron chi connectivity index (χ1n) is 5.54. The van der Waals surface area contributed by atoms with E-state index in [0.717, 1.165) is 24.4 Å². The van der Waals surface area contributed by atoms with Crippen LogP contribution >= 0.6 is 54.8 Å². The van der Waals surface area contributed by atoms with Crippen LogP contribution in [0.1, 0.15) is 17.2 Å². The number of thiophene rings is 1. The number of hydrogen-bond donors (Lipinski definition) is 1. The van der Waals surface area contributed by atoms with E-state index in [1.54, 1.807) is 18.4 Å². The molecule has 0 fully saturated rings. The molecule has 2 nitrogen and oxygen atoms in total. The van der Waals surface area contributed by atoms with Crippen LogP contribution in [-0.4, -0.2) is 7.11 Å². The first-order valence-corrected chi connectivity index (χ1v) is 8.32. The summed E-state index contributed by atoms with van der Waals surface area (Å²) in [5, 5.41) is 0.688. The molecule has 1 unspecified atom stereocenters. The van der Waals surface area contributed by atoms with Crippen LogP contribution in [0, 0.1) is 0 Å². The third-order valence-electron chi connectivity index (χ3n) is 2.76. The maximum atomic E-state index is 6.27. The van der Waals surface area contributed by atoms with E-state index in [4.69, 9.17) is 22.1 Å². The maximum absolute atomic E-state index is 6.27. The minimum atomic E-state index is -0.107. The highest BCUT2D eigenvalue weighted by molar-refractivity contribution is 9.12. The molecule has 2 N–H and O–H groups in total. The summed E-state index contributed by atoms with van der Waals surface area (Å²) in [7, 11) is 1.65. The molecule has 0 radical (unpaired) electrons. The molecule has 0 bridgehead atoms. The van der Waals surface area contributed by atoms with Crippen molar-refractivity contribution in [1.82, 2.24) is 0 Å². The lowest BCUT2D eigenvalue weighted by Gasteiger charge is -2.14. The highest BCUT2D eigenvalue weighted by Crippen LogP contribution is 2.36. The molecule has 1 aromatic heterocycles. The van der Waals surface area contributed by atoms with Gasteiger partial charge in [-0.05, 0) is 73.7 Å². The second-order valence-corrected chi connectivity index (χ2v) is 8.23. The standard InChI is InChI=1S/C13H12Br2ClNOS/c1-18-11-3-2-8(16)4-7(11)5-10(17)9-6-12(14)19-13(9)15/h2-4,6,10H,5,17H2,1H3. The molecule has 0 spiro atoms. The highest BCUT2D eigenvalue weighted by atomic mass is 79.9. The van der Waals surface area contributed by atoms with Crippen LogP contribution in [0.25, 0.3) is 0 Å². The topological polar surface area (TPSA) is 35.2 Å². The molecule has 1 heterocycles. The van der Waals surface area contributed by atoms with Crippen LogP contribution in [-0.2, 0) is 6.42 Å². The van der Waals surface area contributed by atoms with Gasteiger partial charge in [-0.3, -0.25) is 0 Å². The van der Waals surface area contributed by atoms with Crippen molar-refractivity contribution in [3.8, 4) is 5.75 Å². The summed E-state index contributed by atoms with van der Waals surface area (Å²) in [5.41, 5.74) is 8.37. The Balaban J connectivity index is 2.25. The molecular weight excluding hydrogens is 413 g/mol. The van der Waals surface area contributed by atoms with Crippen molar-refractivity contribution in [2.75, 3.05) is 7.11 Å². The van der Waals surface area contributed by atoms with E-state index in [2.05, 4.69) is 31.9 Å². The highest BCUT2D eigenvalue weighted by Gasteiger charge is 2.16. The molecule has 19 heavy (non-hydrogen) atoms. The Morgan fingerprint density at radius 1 is 1.37 bits per heavy atom. The van der Waals surface area contributed by atoms with Crippen molar-refractivity contribution in [1.29, 1.82) is 0 Å². The van der Waals surface area contributed by atoms with Crippen LogP contribution in [0.15, 0.2) is 31.8 Å². The molecule has 1 aromatic carbocycles. The summed E-state index contributed by atoms with van der Waals surface area (Å²) in [6, 6.07) is 7.51. The summed E-state index contributed by atoms with van der Waals surface area (Å²) < 4.78 is 7.45. The third-order valence-corrected chi connectivity index (χ3v) is 5.39. The second-order valence-electron chi connectivity index (χ2n) is 4.05. The number of halogens is 3. The van der Waals surface area contributed by atoms with E-state index in [0.29, 0.717) is 11.4 Å². The largest absolute Gasteiger partial charge is 0.496 e. The Morgan fingerprint density at radius 2 is 2.11 bits per heavy atom. The van der Waals surface area contributed by atoms with Gasteiger partial charge in [0.05, 0.1) is 14.7 Å².